The summed E-state index contributed by atoms with van der Waals surface area (Å²) in [6.07, 6.45) is 0.338. The summed E-state index contributed by atoms with van der Waals surface area (Å²) in [6, 6.07) is 3.53. The Morgan fingerprint density at radius 1 is 1.37 bits per heavy atom. The van der Waals surface area contributed by atoms with Crippen LogP contribution in [0.25, 0.3) is 0 Å². The molecule has 0 aliphatic heterocycles. The number of nitrogens with one attached hydrogen (secondary N) is 1. The molecule has 1 aromatic heterocycles. The van der Waals surface area contributed by atoms with E-state index in [9.17, 15) is 14.4 Å². The Hall–Kier alpha value is -1.69. The molecule has 5 nitrogen and oxygen atoms in total. The van der Waals surface area contributed by atoms with Crippen LogP contribution in [0.2, 0.25) is 0 Å². The van der Waals surface area contributed by atoms with E-state index in [2.05, 4.69) is 5.32 Å². The van der Waals surface area contributed by atoms with Crippen LogP contribution in [0.5, 0.6) is 0 Å². The van der Waals surface area contributed by atoms with Crippen molar-refractivity contribution in [2.45, 2.75) is 26.2 Å². The highest BCUT2D eigenvalue weighted by Gasteiger charge is 2.12. The lowest BCUT2D eigenvalue weighted by Crippen LogP contribution is -2.29. The van der Waals surface area contributed by atoms with Crippen molar-refractivity contribution in [1.82, 2.24) is 5.32 Å². The van der Waals surface area contributed by atoms with Gasteiger partial charge in [-0.3, -0.25) is 14.4 Å². The molecule has 19 heavy (non-hydrogen) atoms. The zero-order valence-electron chi connectivity index (χ0n) is 10.7. The van der Waals surface area contributed by atoms with Crippen LogP contribution < -0.4 is 5.32 Å². The molecule has 1 atom stereocenters. The molecule has 1 unspecified atom stereocenters. The van der Waals surface area contributed by atoms with Gasteiger partial charge in [-0.05, 0) is 17.4 Å². The van der Waals surface area contributed by atoms with Crippen molar-refractivity contribution < 1.29 is 19.5 Å². The van der Waals surface area contributed by atoms with Crippen molar-refractivity contribution in [3.63, 3.8) is 0 Å². The van der Waals surface area contributed by atoms with Crippen LogP contribution in [0.1, 0.15) is 35.9 Å². The van der Waals surface area contributed by atoms with Crippen LogP contribution in [0.15, 0.2) is 17.5 Å². The maximum Gasteiger partial charge on any atom is 0.303 e. The summed E-state index contributed by atoms with van der Waals surface area (Å²) in [6.45, 7) is 2.07. The SMILES string of the molecule is CC(CNC(=O)CCC(=O)c1cccs1)CC(=O)O. The largest absolute Gasteiger partial charge is 0.481 e. The van der Waals surface area contributed by atoms with E-state index in [1.165, 1.54) is 11.3 Å². The number of rotatable bonds is 8. The average molecular weight is 283 g/mol. The minimum Gasteiger partial charge on any atom is -0.481 e. The number of carboxylic acids is 1. The molecule has 0 saturated carbocycles. The number of hydrogen-bond acceptors (Lipinski definition) is 4. The van der Waals surface area contributed by atoms with Crippen LogP contribution >= 0.6 is 11.3 Å². The van der Waals surface area contributed by atoms with E-state index >= 15 is 0 Å². The monoisotopic (exact) mass is 283 g/mol. The Kier molecular flexibility index (Phi) is 6.21. The lowest BCUT2D eigenvalue weighted by molar-refractivity contribution is -0.138. The Labute approximate surface area is 115 Å². The van der Waals surface area contributed by atoms with Gasteiger partial charge in [0.15, 0.2) is 5.78 Å². The second-order valence-electron chi connectivity index (χ2n) is 4.41. The van der Waals surface area contributed by atoms with E-state index in [0.29, 0.717) is 11.4 Å². The fraction of sp³-hybridized carbons (Fsp3) is 0.462. The molecule has 0 bridgehead atoms. The molecular formula is C13H17NO4S. The van der Waals surface area contributed by atoms with Gasteiger partial charge < -0.3 is 10.4 Å². The van der Waals surface area contributed by atoms with Crippen molar-refractivity contribution >= 4 is 29.0 Å². The lowest BCUT2D eigenvalue weighted by Gasteiger charge is -2.09. The average Bonchev–Trinajstić information content (AvgIpc) is 2.86. The van der Waals surface area contributed by atoms with Crippen LogP contribution in [0.4, 0.5) is 0 Å². The zero-order chi connectivity index (χ0) is 14.3. The molecule has 104 valence electrons. The number of hydrogen-bond donors (Lipinski definition) is 2. The number of ketones is 1. The number of carbonyl (C=O) groups is 3. The summed E-state index contributed by atoms with van der Waals surface area (Å²) < 4.78 is 0. The first-order valence-electron chi connectivity index (χ1n) is 6.04. The molecule has 6 heteroatoms. The molecular weight excluding hydrogens is 266 g/mol. The number of Topliss-reactive ketones (excluding diaryl/α,β-unsaturated/α-hetero) is 1. The van der Waals surface area contributed by atoms with Crippen LogP contribution in [-0.2, 0) is 9.59 Å². The standard InChI is InChI=1S/C13H17NO4S/c1-9(7-13(17)18)8-14-12(16)5-4-10(15)11-3-2-6-19-11/h2-3,6,9H,4-5,7-8H2,1H3,(H,14,16)(H,17,18). The van der Waals surface area contributed by atoms with Gasteiger partial charge in [0.25, 0.3) is 0 Å². The van der Waals surface area contributed by atoms with Gasteiger partial charge in [-0.1, -0.05) is 13.0 Å². The highest BCUT2D eigenvalue weighted by Crippen LogP contribution is 2.12. The fourth-order valence-corrected chi connectivity index (χ4v) is 2.23. The fourth-order valence-electron chi connectivity index (χ4n) is 1.53. The van der Waals surface area contributed by atoms with E-state index in [0.717, 1.165) is 0 Å². The van der Waals surface area contributed by atoms with Gasteiger partial charge >= 0.3 is 5.97 Å². The topological polar surface area (TPSA) is 83.5 Å². The summed E-state index contributed by atoms with van der Waals surface area (Å²) in [4.78, 5) is 34.3. The molecule has 0 aromatic carbocycles. The molecule has 2 N–H and O–H groups in total. The Bertz CT molecular complexity index is 442. The minimum atomic E-state index is -0.880. The predicted molar refractivity (Wildman–Crippen MR) is 72.3 cm³/mol. The Morgan fingerprint density at radius 3 is 2.68 bits per heavy atom. The van der Waals surface area contributed by atoms with E-state index in [4.69, 9.17) is 5.11 Å². The van der Waals surface area contributed by atoms with Crippen LogP contribution in [-0.4, -0.2) is 29.3 Å². The number of aliphatic carboxylic acids is 1. The summed E-state index contributed by atoms with van der Waals surface area (Å²) in [5.41, 5.74) is 0. The van der Waals surface area contributed by atoms with Gasteiger partial charge in [0, 0.05) is 25.8 Å². The summed E-state index contributed by atoms with van der Waals surface area (Å²) >= 11 is 1.36. The maximum atomic E-state index is 11.6. The van der Waals surface area contributed by atoms with Gasteiger partial charge in [0.1, 0.15) is 0 Å². The van der Waals surface area contributed by atoms with Crippen molar-refractivity contribution in [3.05, 3.63) is 22.4 Å². The summed E-state index contributed by atoms with van der Waals surface area (Å²) in [5.74, 6) is -1.25. The third-order valence-electron chi connectivity index (χ3n) is 2.55. The second-order valence-corrected chi connectivity index (χ2v) is 5.36. The van der Waals surface area contributed by atoms with Crippen LogP contribution in [0.3, 0.4) is 0 Å². The van der Waals surface area contributed by atoms with E-state index in [-0.39, 0.29) is 36.9 Å². The third-order valence-corrected chi connectivity index (χ3v) is 3.46. The number of thiophene rings is 1. The van der Waals surface area contributed by atoms with Gasteiger partial charge in [-0.2, -0.15) is 0 Å². The first-order valence-corrected chi connectivity index (χ1v) is 6.92. The van der Waals surface area contributed by atoms with Crippen LogP contribution in [0, 0.1) is 5.92 Å². The first-order chi connectivity index (χ1) is 8.99. The highest BCUT2D eigenvalue weighted by atomic mass is 32.1. The van der Waals surface area contributed by atoms with E-state index < -0.39 is 5.97 Å². The Morgan fingerprint density at radius 2 is 2.11 bits per heavy atom. The lowest BCUT2D eigenvalue weighted by atomic mass is 10.1. The van der Waals surface area contributed by atoms with E-state index in [1.54, 1.807) is 19.1 Å². The van der Waals surface area contributed by atoms with Gasteiger partial charge in [0.05, 0.1) is 4.88 Å². The summed E-state index contributed by atoms with van der Waals surface area (Å²) in [5, 5.41) is 13.0. The van der Waals surface area contributed by atoms with Gasteiger partial charge in [-0.25, -0.2) is 0 Å². The van der Waals surface area contributed by atoms with Gasteiger partial charge in [0.2, 0.25) is 5.91 Å². The number of carboxylic acid groups (broad SMARTS) is 1. The molecule has 1 aromatic rings. The highest BCUT2D eigenvalue weighted by molar-refractivity contribution is 7.12. The Balaban J connectivity index is 2.21. The zero-order valence-corrected chi connectivity index (χ0v) is 11.5. The predicted octanol–water partition coefficient (Wildman–Crippen LogP) is 1.94. The summed E-state index contributed by atoms with van der Waals surface area (Å²) in [7, 11) is 0. The van der Waals surface area contributed by atoms with Crippen molar-refractivity contribution in [1.29, 1.82) is 0 Å². The molecule has 0 aliphatic carbocycles. The minimum absolute atomic E-state index is 0.0222. The molecule has 1 heterocycles. The molecule has 0 aliphatic rings. The molecule has 1 amide bonds. The van der Waals surface area contributed by atoms with Crippen molar-refractivity contribution in [3.8, 4) is 0 Å². The number of amides is 1. The first kappa shape index (κ1) is 15.4. The molecule has 0 radical (unpaired) electrons. The smallest absolute Gasteiger partial charge is 0.303 e. The molecule has 0 saturated heterocycles. The van der Waals surface area contributed by atoms with E-state index in [1.807, 2.05) is 5.38 Å². The van der Waals surface area contributed by atoms with Gasteiger partial charge in [-0.15, -0.1) is 11.3 Å². The van der Waals surface area contributed by atoms with Crippen molar-refractivity contribution in [2.75, 3.05) is 6.54 Å². The molecule has 0 fully saturated rings. The maximum absolute atomic E-state index is 11.6. The molecule has 1 rings (SSSR count). The third kappa shape index (κ3) is 6.15. The quantitative estimate of drug-likeness (QED) is 0.714. The normalized spacial score (nSPS) is 11.8. The number of carbonyl (C=O) groups excluding carboxylic acids is 2. The van der Waals surface area contributed by atoms with Crippen molar-refractivity contribution in [2.24, 2.45) is 5.92 Å². The second kappa shape index (κ2) is 7.68. The molecule has 0 spiro atoms.